The Balaban J connectivity index is 2.06. The Bertz CT molecular complexity index is 1420. The zero-order valence-corrected chi connectivity index (χ0v) is 21.6. The first-order valence-electron chi connectivity index (χ1n) is 12.0. The molecule has 1 aliphatic rings. The smallest absolute Gasteiger partial charge is 0.354 e. The highest BCUT2D eigenvalue weighted by Crippen LogP contribution is 2.39. The van der Waals surface area contributed by atoms with Crippen LogP contribution in [0.5, 0.6) is 0 Å². The van der Waals surface area contributed by atoms with Gasteiger partial charge < -0.3 is 10.2 Å². The zero-order valence-electron chi connectivity index (χ0n) is 21.6. The zero-order chi connectivity index (χ0) is 28.9. The van der Waals surface area contributed by atoms with Crippen LogP contribution in [-0.2, 0) is 6.18 Å². The molecule has 0 amide bonds. The highest BCUT2D eigenvalue weighted by molar-refractivity contribution is 5.82. The van der Waals surface area contributed by atoms with Crippen molar-refractivity contribution in [3.05, 3.63) is 131 Å². The van der Waals surface area contributed by atoms with Crippen molar-refractivity contribution in [2.45, 2.75) is 33.4 Å². The summed E-state index contributed by atoms with van der Waals surface area (Å²) in [5.74, 6) is -2.56. The van der Waals surface area contributed by atoms with Crippen LogP contribution in [0.4, 0.5) is 32.0 Å². The van der Waals surface area contributed by atoms with E-state index in [1.165, 1.54) is 29.2 Å². The molecule has 2 heterocycles. The van der Waals surface area contributed by atoms with Gasteiger partial charge in [0, 0.05) is 28.7 Å². The Kier molecular flexibility index (Phi) is 9.06. The molecule has 0 aliphatic carbocycles. The molecule has 0 saturated carbocycles. The predicted molar refractivity (Wildman–Crippen MR) is 143 cm³/mol. The third-order valence-electron chi connectivity index (χ3n) is 5.76. The second kappa shape index (κ2) is 12.1. The Morgan fingerprint density at radius 2 is 1.74 bits per heavy atom. The summed E-state index contributed by atoms with van der Waals surface area (Å²) in [7, 11) is 0. The lowest BCUT2D eigenvalue weighted by Gasteiger charge is -2.30. The molecule has 0 saturated heterocycles. The van der Waals surface area contributed by atoms with E-state index >= 15 is 0 Å². The lowest BCUT2D eigenvalue weighted by Crippen LogP contribution is -2.21. The van der Waals surface area contributed by atoms with Crippen LogP contribution in [0, 0.1) is 5.82 Å². The number of anilines is 1. The molecule has 3 nitrogen and oxygen atoms in total. The minimum absolute atomic E-state index is 0.0410. The maximum Gasteiger partial charge on any atom is 0.418 e. The average Bonchev–Trinajstić information content (AvgIpc) is 2.90. The maximum absolute atomic E-state index is 14.7. The third kappa shape index (κ3) is 6.60. The van der Waals surface area contributed by atoms with Crippen molar-refractivity contribution in [2.75, 3.05) is 5.32 Å². The van der Waals surface area contributed by atoms with Crippen LogP contribution in [0.15, 0.2) is 109 Å². The van der Waals surface area contributed by atoms with Crippen LogP contribution in [-0.4, -0.2) is 9.88 Å². The average molecular weight is 544 g/mol. The van der Waals surface area contributed by atoms with E-state index in [0.29, 0.717) is 23.4 Å². The number of nitrogens with zero attached hydrogens (tertiary/aromatic N) is 2. The molecule has 1 aliphatic heterocycles. The molecule has 1 N–H and O–H groups in total. The number of rotatable bonds is 8. The lowest BCUT2D eigenvalue weighted by atomic mass is 9.99. The monoisotopic (exact) mass is 543 g/mol. The maximum atomic E-state index is 14.7. The topological polar surface area (TPSA) is 28.2 Å². The number of alkyl halides is 3. The van der Waals surface area contributed by atoms with E-state index in [0.717, 1.165) is 25.1 Å². The number of hydrogen-bond donors (Lipinski definition) is 1. The van der Waals surface area contributed by atoms with Gasteiger partial charge in [-0.2, -0.15) is 13.2 Å². The molecule has 1 aromatic heterocycles. The molecule has 3 rings (SSSR count). The summed E-state index contributed by atoms with van der Waals surface area (Å²) in [5.41, 5.74) is -0.150. The van der Waals surface area contributed by atoms with E-state index in [9.17, 15) is 26.3 Å². The van der Waals surface area contributed by atoms with Crippen LogP contribution >= 0.6 is 0 Å². The minimum Gasteiger partial charge on any atom is -0.354 e. The molecule has 9 heteroatoms. The Hall–Kier alpha value is -4.27. The molecule has 0 spiro atoms. The number of hydrogen-bond acceptors (Lipinski definition) is 3. The Morgan fingerprint density at radius 3 is 2.31 bits per heavy atom. The highest BCUT2D eigenvalue weighted by Gasteiger charge is 2.35. The van der Waals surface area contributed by atoms with Crippen LogP contribution < -0.4 is 5.32 Å². The van der Waals surface area contributed by atoms with Crippen LogP contribution in [0.2, 0.25) is 0 Å². The van der Waals surface area contributed by atoms with Crippen molar-refractivity contribution in [1.82, 2.24) is 9.88 Å². The molecule has 204 valence electrons. The summed E-state index contributed by atoms with van der Waals surface area (Å²) in [6.45, 7) is 12.1. The summed E-state index contributed by atoms with van der Waals surface area (Å²) >= 11 is 0. The quantitative estimate of drug-likeness (QED) is 0.266. The van der Waals surface area contributed by atoms with Gasteiger partial charge in [0.1, 0.15) is 11.6 Å². The summed E-state index contributed by atoms with van der Waals surface area (Å²) in [5, 5.41) is 2.75. The van der Waals surface area contributed by atoms with Crippen LogP contribution in [0.25, 0.3) is 11.3 Å². The molecule has 0 radical (unpaired) electrons. The van der Waals surface area contributed by atoms with Gasteiger partial charge in [-0.1, -0.05) is 32.2 Å². The third-order valence-corrected chi connectivity index (χ3v) is 5.76. The fraction of sp³-hybridized carbons (Fsp3) is 0.167. The summed E-state index contributed by atoms with van der Waals surface area (Å²) < 4.78 is 83.4. The summed E-state index contributed by atoms with van der Waals surface area (Å²) in [6, 6.07) is 7.17. The van der Waals surface area contributed by atoms with E-state index in [2.05, 4.69) is 23.5 Å². The highest BCUT2D eigenvalue weighted by atomic mass is 19.4. The molecule has 1 aromatic carbocycles. The van der Waals surface area contributed by atoms with Crippen molar-refractivity contribution >= 4 is 17.0 Å². The van der Waals surface area contributed by atoms with Gasteiger partial charge in [0.2, 0.25) is 0 Å². The molecule has 2 aromatic rings. The van der Waals surface area contributed by atoms with E-state index in [4.69, 9.17) is 0 Å². The lowest BCUT2D eigenvalue weighted by molar-refractivity contribution is -0.138. The van der Waals surface area contributed by atoms with E-state index < -0.39 is 34.9 Å². The summed E-state index contributed by atoms with van der Waals surface area (Å²) in [6.07, 6.45) is 3.68. The number of pyridine rings is 1. The van der Waals surface area contributed by atoms with Gasteiger partial charge in [-0.05, 0) is 68.8 Å². The second-order valence-corrected chi connectivity index (χ2v) is 8.49. The number of nitrogens with one attached hydrogen (secondary N) is 1. The normalized spacial score (nSPS) is 15.7. The van der Waals surface area contributed by atoms with Crippen molar-refractivity contribution in [3.63, 3.8) is 0 Å². The number of allylic oxidation sites excluding steroid dienone is 7. The predicted octanol–water partition coefficient (Wildman–Crippen LogP) is 9.46. The molecule has 0 bridgehead atoms. The van der Waals surface area contributed by atoms with Crippen molar-refractivity contribution in [3.8, 4) is 0 Å². The first-order chi connectivity index (χ1) is 18.4. The molecular weight excluding hydrogens is 516 g/mol. The van der Waals surface area contributed by atoms with E-state index in [1.807, 2.05) is 0 Å². The van der Waals surface area contributed by atoms with Gasteiger partial charge in [0.15, 0.2) is 5.83 Å². The fourth-order valence-electron chi connectivity index (χ4n) is 3.96. The van der Waals surface area contributed by atoms with Crippen LogP contribution in [0.1, 0.15) is 44.1 Å². The van der Waals surface area contributed by atoms with Crippen molar-refractivity contribution in [2.24, 2.45) is 0 Å². The van der Waals surface area contributed by atoms with Gasteiger partial charge in [0.05, 0.1) is 28.3 Å². The first-order valence-corrected chi connectivity index (χ1v) is 12.0. The van der Waals surface area contributed by atoms with Crippen molar-refractivity contribution in [1.29, 1.82) is 0 Å². The SMILES string of the molecule is C=C(Nc1ccc(F)cc1)c1nc(C2=CC=CN(C(=C)C(=C/CC)/C(F)=C(\C)F)/C2=C\C)ccc1C(F)(F)F. The Labute approximate surface area is 223 Å². The first kappa shape index (κ1) is 29.3. The second-order valence-electron chi connectivity index (χ2n) is 8.49. The molecular formula is C30H27F6N3. The van der Waals surface area contributed by atoms with Gasteiger partial charge in [0.25, 0.3) is 0 Å². The fourth-order valence-corrected chi connectivity index (χ4v) is 3.96. The van der Waals surface area contributed by atoms with E-state index in [-0.39, 0.29) is 22.7 Å². The largest absolute Gasteiger partial charge is 0.418 e. The molecule has 0 unspecified atom stereocenters. The van der Waals surface area contributed by atoms with Gasteiger partial charge in [-0.15, -0.1) is 0 Å². The van der Waals surface area contributed by atoms with E-state index in [1.54, 1.807) is 38.3 Å². The van der Waals surface area contributed by atoms with Gasteiger partial charge >= 0.3 is 6.18 Å². The number of benzene rings is 1. The van der Waals surface area contributed by atoms with Gasteiger partial charge in [-0.3, -0.25) is 0 Å². The summed E-state index contributed by atoms with van der Waals surface area (Å²) in [4.78, 5) is 5.82. The van der Waals surface area contributed by atoms with Crippen molar-refractivity contribution < 1.29 is 26.3 Å². The molecule has 39 heavy (non-hydrogen) atoms. The number of halogens is 6. The van der Waals surface area contributed by atoms with Gasteiger partial charge in [-0.25, -0.2) is 18.2 Å². The minimum atomic E-state index is -4.73. The Morgan fingerprint density at radius 1 is 1.08 bits per heavy atom. The van der Waals surface area contributed by atoms with Crippen LogP contribution in [0.3, 0.4) is 0 Å². The molecule has 0 atom stereocenters. The standard InChI is InChI=1S/C30H27F6N3/c1-6-9-23(28(33)18(3)31)20(5)39-17-8-10-24(27(39)7-2)26-16-15-25(30(34,35)36)29(38-26)19(4)37-22-13-11-21(32)12-14-22/h7-17,37H,4-6H2,1-3H3/b23-9-,27-7-,28-18-. The number of aromatic nitrogens is 1. The molecule has 0 fully saturated rings.